The molecule has 0 atom stereocenters. The first kappa shape index (κ1) is 10.7. The molecule has 2 aliphatic heterocycles. The highest BCUT2D eigenvalue weighted by molar-refractivity contribution is 5.57. The van der Waals surface area contributed by atoms with Gasteiger partial charge < -0.3 is 19.7 Å². The molecule has 0 amide bonds. The Bertz CT molecular complexity index is 431. The summed E-state index contributed by atoms with van der Waals surface area (Å²) >= 11 is 0. The Morgan fingerprint density at radius 1 is 1.24 bits per heavy atom. The SMILES string of the molecule is CC1(C)CN(c2ccc3c(c2)OCO3)CCN1. The highest BCUT2D eigenvalue weighted by atomic mass is 16.7. The van der Waals surface area contributed by atoms with Gasteiger partial charge in [0.1, 0.15) is 0 Å². The van der Waals surface area contributed by atoms with Gasteiger partial charge in [0.15, 0.2) is 11.5 Å². The van der Waals surface area contributed by atoms with E-state index in [1.165, 1.54) is 5.69 Å². The van der Waals surface area contributed by atoms with E-state index in [1.54, 1.807) is 0 Å². The minimum atomic E-state index is 0.161. The lowest BCUT2D eigenvalue weighted by molar-refractivity contribution is 0.174. The lowest BCUT2D eigenvalue weighted by atomic mass is 10.0. The highest BCUT2D eigenvalue weighted by Crippen LogP contribution is 2.36. The topological polar surface area (TPSA) is 33.7 Å². The predicted octanol–water partition coefficient (Wildman–Crippen LogP) is 1.60. The molecule has 4 nitrogen and oxygen atoms in total. The van der Waals surface area contributed by atoms with Crippen LogP contribution in [-0.2, 0) is 0 Å². The van der Waals surface area contributed by atoms with Crippen LogP contribution in [0.25, 0.3) is 0 Å². The number of benzene rings is 1. The van der Waals surface area contributed by atoms with Gasteiger partial charge in [-0.05, 0) is 26.0 Å². The van der Waals surface area contributed by atoms with Crippen molar-refractivity contribution in [2.75, 3.05) is 31.3 Å². The van der Waals surface area contributed by atoms with Gasteiger partial charge in [0.05, 0.1) is 0 Å². The van der Waals surface area contributed by atoms with Gasteiger partial charge in [0, 0.05) is 36.9 Å². The van der Waals surface area contributed by atoms with E-state index >= 15 is 0 Å². The number of piperazine rings is 1. The summed E-state index contributed by atoms with van der Waals surface area (Å²) in [6.07, 6.45) is 0. The fraction of sp³-hybridized carbons (Fsp3) is 0.538. The molecule has 3 rings (SSSR count). The number of anilines is 1. The Kier molecular flexibility index (Phi) is 2.40. The summed E-state index contributed by atoms with van der Waals surface area (Å²) in [6, 6.07) is 6.17. The molecular formula is C13H18N2O2. The quantitative estimate of drug-likeness (QED) is 0.800. The van der Waals surface area contributed by atoms with Crippen molar-refractivity contribution in [1.82, 2.24) is 5.32 Å². The zero-order valence-corrected chi connectivity index (χ0v) is 10.3. The van der Waals surface area contributed by atoms with E-state index in [0.717, 1.165) is 31.1 Å². The molecule has 2 heterocycles. The summed E-state index contributed by atoms with van der Waals surface area (Å²) in [6.45, 7) is 7.85. The lowest BCUT2D eigenvalue weighted by Crippen LogP contribution is -2.57. The van der Waals surface area contributed by atoms with Crippen LogP contribution in [0.5, 0.6) is 11.5 Å². The van der Waals surface area contributed by atoms with E-state index in [-0.39, 0.29) is 5.54 Å². The molecule has 1 fully saturated rings. The molecule has 0 radical (unpaired) electrons. The second-order valence-corrected chi connectivity index (χ2v) is 5.27. The molecule has 0 aromatic heterocycles. The Morgan fingerprint density at radius 2 is 2.06 bits per heavy atom. The van der Waals surface area contributed by atoms with Crippen molar-refractivity contribution in [2.45, 2.75) is 19.4 Å². The molecule has 0 aliphatic carbocycles. The predicted molar refractivity (Wildman–Crippen MR) is 66.9 cm³/mol. The average molecular weight is 234 g/mol. The number of ether oxygens (including phenoxy) is 2. The lowest BCUT2D eigenvalue weighted by Gasteiger charge is -2.40. The third-order valence-electron chi connectivity index (χ3n) is 3.29. The maximum atomic E-state index is 5.42. The van der Waals surface area contributed by atoms with E-state index in [4.69, 9.17) is 9.47 Å². The molecule has 0 spiro atoms. The minimum Gasteiger partial charge on any atom is -0.454 e. The van der Waals surface area contributed by atoms with E-state index in [0.29, 0.717) is 6.79 Å². The molecule has 1 N–H and O–H groups in total. The van der Waals surface area contributed by atoms with Crippen LogP contribution in [0.2, 0.25) is 0 Å². The van der Waals surface area contributed by atoms with Crippen molar-refractivity contribution in [3.63, 3.8) is 0 Å². The summed E-state index contributed by atoms with van der Waals surface area (Å²) in [5.74, 6) is 1.71. The first-order valence-corrected chi connectivity index (χ1v) is 6.04. The summed E-state index contributed by atoms with van der Waals surface area (Å²) in [4.78, 5) is 2.39. The van der Waals surface area contributed by atoms with Gasteiger partial charge in [-0.2, -0.15) is 0 Å². The fourth-order valence-corrected chi connectivity index (χ4v) is 2.44. The molecule has 0 unspecified atom stereocenters. The number of fused-ring (bicyclic) bond motifs is 1. The second kappa shape index (κ2) is 3.81. The first-order chi connectivity index (χ1) is 8.14. The Morgan fingerprint density at radius 3 is 2.88 bits per heavy atom. The van der Waals surface area contributed by atoms with Crippen molar-refractivity contribution >= 4 is 5.69 Å². The summed E-state index contributed by atoms with van der Waals surface area (Å²) < 4.78 is 10.7. The van der Waals surface area contributed by atoms with Gasteiger partial charge in [0.25, 0.3) is 0 Å². The second-order valence-electron chi connectivity index (χ2n) is 5.27. The van der Waals surface area contributed by atoms with E-state index in [2.05, 4.69) is 36.2 Å². The molecule has 4 heteroatoms. The normalized spacial score (nSPS) is 21.6. The van der Waals surface area contributed by atoms with Crippen molar-refractivity contribution < 1.29 is 9.47 Å². The van der Waals surface area contributed by atoms with Crippen LogP contribution in [-0.4, -0.2) is 32.0 Å². The van der Waals surface area contributed by atoms with Crippen LogP contribution >= 0.6 is 0 Å². The average Bonchev–Trinajstić information content (AvgIpc) is 2.74. The van der Waals surface area contributed by atoms with Crippen molar-refractivity contribution in [3.05, 3.63) is 18.2 Å². The molecule has 2 aliphatic rings. The molecule has 0 saturated carbocycles. The Balaban J connectivity index is 1.84. The monoisotopic (exact) mass is 234 g/mol. The van der Waals surface area contributed by atoms with Gasteiger partial charge >= 0.3 is 0 Å². The molecule has 1 aromatic rings. The maximum Gasteiger partial charge on any atom is 0.231 e. The third-order valence-corrected chi connectivity index (χ3v) is 3.29. The van der Waals surface area contributed by atoms with Gasteiger partial charge in [-0.25, -0.2) is 0 Å². The van der Waals surface area contributed by atoms with Crippen LogP contribution in [0.3, 0.4) is 0 Å². The fourth-order valence-electron chi connectivity index (χ4n) is 2.44. The Hall–Kier alpha value is -1.42. The summed E-state index contributed by atoms with van der Waals surface area (Å²) in [7, 11) is 0. The smallest absolute Gasteiger partial charge is 0.231 e. The number of rotatable bonds is 1. The Labute approximate surface area is 102 Å². The zero-order valence-electron chi connectivity index (χ0n) is 10.3. The largest absolute Gasteiger partial charge is 0.454 e. The first-order valence-electron chi connectivity index (χ1n) is 6.04. The van der Waals surface area contributed by atoms with Crippen LogP contribution in [0.1, 0.15) is 13.8 Å². The standard InChI is InChI=1S/C13H18N2O2/c1-13(2)8-15(6-5-14-13)10-3-4-11-12(7-10)17-9-16-11/h3-4,7,14H,5-6,8-9H2,1-2H3. The number of hydrogen-bond donors (Lipinski definition) is 1. The van der Waals surface area contributed by atoms with Gasteiger partial charge in [-0.15, -0.1) is 0 Å². The third kappa shape index (κ3) is 2.05. The molecule has 1 aromatic carbocycles. The van der Waals surface area contributed by atoms with Crippen molar-refractivity contribution in [1.29, 1.82) is 0 Å². The molecule has 17 heavy (non-hydrogen) atoms. The number of nitrogens with zero attached hydrogens (tertiary/aromatic N) is 1. The van der Waals surface area contributed by atoms with Crippen LogP contribution in [0.4, 0.5) is 5.69 Å². The van der Waals surface area contributed by atoms with E-state index in [9.17, 15) is 0 Å². The maximum absolute atomic E-state index is 5.42. The van der Waals surface area contributed by atoms with Crippen LogP contribution < -0.4 is 19.7 Å². The highest BCUT2D eigenvalue weighted by Gasteiger charge is 2.26. The zero-order chi connectivity index (χ0) is 11.9. The molecular weight excluding hydrogens is 216 g/mol. The minimum absolute atomic E-state index is 0.161. The van der Waals surface area contributed by atoms with Gasteiger partial charge in [-0.1, -0.05) is 0 Å². The molecule has 1 saturated heterocycles. The van der Waals surface area contributed by atoms with Crippen LogP contribution in [0, 0.1) is 0 Å². The van der Waals surface area contributed by atoms with E-state index < -0.39 is 0 Å². The van der Waals surface area contributed by atoms with Gasteiger partial charge in [-0.3, -0.25) is 0 Å². The van der Waals surface area contributed by atoms with E-state index in [1.807, 2.05) is 6.07 Å². The number of hydrogen-bond acceptors (Lipinski definition) is 4. The number of nitrogens with one attached hydrogen (secondary N) is 1. The molecule has 0 bridgehead atoms. The van der Waals surface area contributed by atoms with Crippen molar-refractivity contribution in [2.24, 2.45) is 0 Å². The molecule has 92 valence electrons. The summed E-state index contributed by atoms with van der Waals surface area (Å²) in [5.41, 5.74) is 1.37. The van der Waals surface area contributed by atoms with Crippen molar-refractivity contribution in [3.8, 4) is 11.5 Å². The summed E-state index contributed by atoms with van der Waals surface area (Å²) in [5, 5.41) is 3.51. The van der Waals surface area contributed by atoms with Crippen LogP contribution in [0.15, 0.2) is 18.2 Å². The van der Waals surface area contributed by atoms with Gasteiger partial charge in [0.2, 0.25) is 6.79 Å².